The summed E-state index contributed by atoms with van der Waals surface area (Å²) < 4.78 is 0. The zero-order chi connectivity index (χ0) is 12.3. The fourth-order valence-electron chi connectivity index (χ4n) is 2.57. The first kappa shape index (κ1) is 15.7. The Kier molecular flexibility index (Phi) is 9.77. The van der Waals surface area contributed by atoms with E-state index < -0.39 is 0 Å². The summed E-state index contributed by atoms with van der Waals surface area (Å²) in [5.74, 6) is 0. The molecule has 0 saturated carbocycles. The van der Waals surface area contributed by atoms with Crippen molar-refractivity contribution in [2.45, 2.75) is 85.5 Å². The van der Waals surface area contributed by atoms with E-state index in [1.165, 1.54) is 57.8 Å². The van der Waals surface area contributed by atoms with Gasteiger partial charge in [-0.15, -0.1) is 0 Å². The Morgan fingerprint density at radius 1 is 0.750 bits per heavy atom. The van der Waals surface area contributed by atoms with Gasteiger partial charge in [-0.2, -0.15) is 0 Å². The van der Waals surface area contributed by atoms with Crippen LogP contribution in [0, 0.1) is 5.41 Å². The Hall–Kier alpha value is -0.260. The van der Waals surface area contributed by atoms with Crippen LogP contribution in [0.2, 0.25) is 0 Å². The van der Waals surface area contributed by atoms with Crippen LogP contribution < -0.4 is 0 Å². The third kappa shape index (κ3) is 6.35. The highest BCUT2D eigenvalue weighted by molar-refractivity contribution is 4.98. The third-order valence-corrected chi connectivity index (χ3v) is 3.60. The predicted molar refractivity (Wildman–Crippen MR) is 75.8 cm³/mol. The van der Waals surface area contributed by atoms with E-state index in [-0.39, 0.29) is 0 Å². The number of hydrogen-bond donors (Lipinski definition) is 0. The summed E-state index contributed by atoms with van der Waals surface area (Å²) in [5, 5.41) is 0. The summed E-state index contributed by atoms with van der Waals surface area (Å²) in [6.07, 6.45) is 17.1. The molecule has 0 heteroatoms. The van der Waals surface area contributed by atoms with Gasteiger partial charge in [-0.3, -0.25) is 0 Å². The van der Waals surface area contributed by atoms with Gasteiger partial charge >= 0.3 is 0 Å². The highest BCUT2D eigenvalue weighted by Gasteiger charge is 2.24. The molecule has 0 bridgehead atoms. The highest BCUT2D eigenvalue weighted by Crippen LogP contribution is 2.38. The van der Waals surface area contributed by atoms with Crippen molar-refractivity contribution in [1.29, 1.82) is 0 Å². The minimum absolute atomic E-state index is 0.525. The second kappa shape index (κ2) is 9.93. The summed E-state index contributed by atoms with van der Waals surface area (Å²) in [6.45, 7) is 9.10. The largest absolute Gasteiger partial charge is 0.0911 e. The van der Waals surface area contributed by atoms with Gasteiger partial charge in [0.15, 0.2) is 0 Å². The van der Waals surface area contributed by atoms with Crippen molar-refractivity contribution in [3.05, 3.63) is 12.2 Å². The molecule has 16 heavy (non-hydrogen) atoms. The molecule has 0 rings (SSSR count). The topological polar surface area (TPSA) is 0 Å². The molecule has 0 aromatic carbocycles. The lowest BCUT2D eigenvalue weighted by Crippen LogP contribution is -2.18. The smallest absolute Gasteiger partial charge is 0.0118 e. The monoisotopic (exact) mass is 224 g/mol. The lowest BCUT2D eigenvalue weighted by molar-refractivity contribution is 0.272. The van der Waals surface area contributed by atoms with E-state index in [9.17, 15) is 0 Å². The molecule has 0 aliphatic rings. The van der Waals surface area contributed by atoms with Crippen LogP contribution >= 0.6 is 0 Å². The van der Waals surface area contributed by atoms with Crippen LogP contribution in [0.25, 0.3) is 0 Å². The molecule has 0 radical (unpaired) electrons. The average molecular weight is 224 g/mol. The van der Waals surface area contributed by atoms with E-state index in [1.54, 1.807) is 0 Å². The molecule has 0 spiro atoms. The Bertz CT molecular complexity index is 145. The highest BCUT2D eigenvalue weighted by atomic mass is 14.3. The van der Waals surface area contributed by atoms with Crippen molar-refractivity contribution < 1.29 is 0 Å². The van der Waals surface area contributed by atoms with E-state index in [4.69, 9.17) is 0 Å². The van der Waals surface area contributed by atoms with Crippen LogP contribution in [0.5, 0.6) is 0 Å². The maximum atomic E-state index is 2.51. The average Bonchev–Trinajstić information content (AvgIpc) is 2.31. The molecular weight excluding hydrogens is 192 g/mol. The van der Waals surface area contributed by atoms with E-state index >= 15 is 0 Å². The van der Waals surface area contributed by atoms with Gasteiger partial charge in [0.2, 0.25) is 0 Å². The molecule has 0 heterocycles. The Labute approximate surface area is 104 Å². The van der Waals surface area contributed by atoms with Crippen LogP contribution in [0.4, 0.5) is 0 Å². The molecule has 0 aliphatic carbocycles. The summed E-state index contributed by atoms with van der Waals surface area (Å²) in [4.78, 5) is 0. The van der Waals surface area contributed by atoms with Crippen molar-refractivity contribution in [3.8, 4) is 0 Å². The van der Waals surface area contributed by atoms with Crippen LogP contribution in [0.15, 0.2) is 12.2 Å². The SMILES string of the molecule is CC=CC(CCCC)(CCCC)CCCC. The second-order valence-corrected chi connectivity index (χ2v) is 5.17. The first-order chi connectivity index (χ1) is 7.74. The van der Waals surface area contributed by atoms with Crippen molar-refractivity contribution >= 4 is 0 Å². The minimum atomic E-state index is 0.525. The maximum Gasteiger partial charge on any atom is -0.0118 e. The van der Waals surface area contributed by atoms with E-state index in [0.29, 0.717) is 5.41 Å². The Morgan fingerprint density at radius 3 is 1.38 bits per heavy atom. The molecule has 0 aromatic rings. The summed E-state index contributed by atoms with van der Waals surface area (Å²) in [7, 11) is 0. The Balaban J connectivity index is 4.45. The fraction of sp³-hybridized carbons (Fsp3) is 0.875. The predicted octanol–water partition coefficient (Wildman–Crippen LogP) is 6.12. The molecule has 0 unspecified atom stereocenters. The van der Waals surface area contributed by atoms with Gasteiger partial charge in [0, 0.05) is 0 Å². The molecule has 0 fully saturated rings. The van der Waals surface area contributed by atoms with Crippen LogP contribution in [-0.4, -0.2) is 0 Å². The molecular formula is C16H32. The Morgan fingerprint density at radius 2 is 1.12 bits per heavy atom. The molecule has 0 N–H and O–H groups in total. The normalized spacial score (nSPS) is 12.5. The summed E-state index contributed by atoms with van der Waals surface area (Å²) in [6, 6.07) is 0. The fourth-order valence-corrected chi connectivity index (χ4v) is 2.57. The van der Waals surface area contributed by atoms with E-state index in [2.05, 4.69) is 39.8 Å². The summed E-state index contributed by atoms with van der Waals surface area (Å²) >= 11 is 0. The number of hydrogen-bond acceptors (Lipinski definition) is 0. The van der Waals surface area contributed by atoms with Gasteiger partial charge < -0.3 is 0 Å². The van der Waals surface area contributed by atoms with Crippen molar-refractivity contribution in [3.63, 3.8) is 0 Å². The lowest BCUT2D eigenvalue weighted by Gasteiger charge is -2.31. The van der Waals surface area contributed by atoms with Gasteiger partial charge in [-0.05, 0) is 31.6 Å². The van der Waals surface area contributed by atoms with Crippen LogP contribution in [-0.2, 0) is 0 Å². The number of unbranched alkanes of at least 4 members (excludes halogenated alkanes) is 3. The third-order valence-electron chi connectivity index (χ3n) is 3.60. The van der Waals surface area contributed by atoms with Gasteiger partial charge in [-0.25, -0.2) is 0 Å². The van der Waals surface area contributed by atoms with Crippen molar-refractivity contribution in [2.24, 2.45) is 5.41 Å². The zero-order valence-corrected chi connectivity index (χ0v) is 12.0. The number of allylic oxidation sites excluding steroid dienone is 2. The number of rotatable bonds is 10. The molecule has 0 aromatic heterocycles. The quantitative estimate of drug-likeness (QED) is 0.392. The molecule has 0 aliphatic heterocycles. The van der Waals surface area contributed by atoms with Gasteiger partial charge in [0.25, 0.3) is 0 Å². The zero-order valence-electron chi connectivity index (χ0n) is 12.0. The van der Waals surface area contributed by atoms with Gasteiger partial charge in [0.1, 0.15) is 0 Å². The van der Waals surface area contributed by atoms with E-state index in [0.717, 1.165) is 0 Å². The van der Waals surface area contributed by atoms with Crippen LogP contribution in [0.3, 0.4) is 0 Å². The van der Waals surface area contributed by atoms with E-state index in [1.807, 2.05) is 0 Å². The maximum absolute atomic E-state index is 2.51. The first-order valence-corrected chi connectivity index (χ1v) is 7.38. The summed E-state index contributed by atoms with van der Waals surface area (Å²) in [5.41, 5.74) is 0.525. The standard InChI is InChI=1S/C16H32/c1-5-9-13-16(12-8-4,14-10-6-2)15-11-7-3/h8,12H,5-7,9-11,13-15H2,1-4H3. The van der Waals surface area contributed by atoms with Crippen molar-refractivity contribution in [1.82, 2.24) is 0 Å². The van der Waals surface area contributed by atoms with Gasteiger partial charge in [0.05, 0.1) is 0 Å². The molecule has 0 saturated heterocycles. The van der Waals surface area contributed by atoms with Crippen molar-refractivity contribution in [2.75, 3.05) is 0 Å². The van der Waals surface area contributed by atoms with Crippen LogP contribution in [0.1, 0.15) is 85.5 Å². The van der Waals surface area contributed by atoms with Gasteiger partial charge in [-0.1, -0.05) is 71.4 Å². The molecule has 0 amide bonds. The molecule has 96 valence electrons. The second-order valence-electron chi connectivity index (χ2n) is 5.17. The molecule has 0 nitrogen and oxygen atoms in total. The minimum Gasteiger partial charge on any atom is -0.0911 e. The molecule has 0 atom stereocenters. The first-order valence-electron chi connectivity index (χ1n) is 7.38. The lowest BCUT2D eigenvalue weighted by atomic mass is 9.74.